The first-order valence-electron chi connectivity index (χ1n) is 8.41. The van der Waals surface area contributed by atoms with Crippen molar-refractivity contribution >= 4 is 41.7 Å². The van der Waals surface area contributed by atoms with Crippen molar-refractivity contribution in [2.45, 2.75) is 26.8 Å². The SMILES string of the molecule is CN=C(NCCC(=O)Nc1cccc(C)n1)NCc1ccc(F)c(C)c1.I. The van der Waals surface area contributed by atoms with E-state index in [1.165, 1.54) is 6.07 Å². The second-order valence-electron chi connectivity index (χ2n) is 5.90. The Bertz CT molecular complexity index is 797. The summed E-state index contributed by atoms with van der Waals surface area (Å²) in [7, 11) is 1.65. The third-order valence-electron chi connectivity index (χ3n) is 3.71. The van der Waals surface area contributed by atoms with Crippen molar-refractivity contribution in [1.82, 2.24) is 15.6 Å². The maximum absolute atomic E-state index is 13.3. The molecule has 1 amide bonds. The molecule has 0 atom stereocenters. The molecule has 146 valence electrons. The zero-order valence-electron chi connectivity index (χ0n) is 15.7. The molecule has 0 aliphatic rings. The number of hydrogen-bond acceptors (Lipinski definition) is 3. The Morgan fingerprint density at radius 2 is 1.96 bits per heavy atom. The molecule has 0 saturated heterocycles. The van der Waals surface area contributed by atoms with Crippen LogP contribution in [-0.4, -0.2) is 30.4 Å². The summed E-state index contributed by atoms with van der Waals surface area (Å²) in [6.45, 7) is 4.54. The number of aromatic nitrogens is 1. The number of anilines is 1. The van der Waals surface area contributed by atoms with Crippen LogP contribution in [0.4, 0.5) is 10.2 Å². The third kappa shape index (κ3) is 7.90. The summed E-state index contributed by atoms with van der Waals surface area (Å²) in [6, 6.07) is 10.4. The summed E-state index contributed by atoms with van der Waals surface area (Å²) in [5, 5.41) is 8.97. The average molecular weight is 485 g/mol. The van der Waals surface area contributed by atoms with E-state index in [0.29, 0.717) is 30.4 Å². The Balaban J connectivity index is 0.00000364. The zero-order valence-corrected chi connectivity index (χ0v) is 18.0. The molecule has 0 spiro atoms. The number of benzene rings is 1. The van der Waals surface area contributed by atoms with Gasteiger partial charge in [-0.2, -0.15) is 0 Å². The highest BCUT2D eigenvalue weighted by atomic mass is 127. The van der Waals surface area contributed by atoms with Crippen LogP contribution in [0.5, 0.6) is 0 Å². The minimum Gasteiger partial charge on any atom is -0.356 e. The Morgan fingerprint density at radius 3 is 2.63 bits per heavy atom. The number of aliphatic imine (C=N–C) groups is 1. The average Bonchev–Trinajstić information content (AvgIpc) is 2.60. The van der Waals surface area contributed by atoms with Crippen LogP contribution in [0.25, 0.3) is 0 Å². The van der Waals surface area contributed by atoms with Gasteiger partial charge in [0.25, 0.3) is 0 Å². The second-order valence-corrected chi connectivity index (χ2v) is 5.90. The van der Waals surface area contributed by atoms with Crippen molar-refractivity contribution in [2.24, 2.45) is 4.99 Å². The lowest BCUT2D eigenvalue weighted by atomic mass is 10.1. The fourth-order valence-electron chi connectivity index (χ4n) is 2.34. The summed E-state index contributed by atoms with van der Waals surface area (Å²) in [5.41, 5.74) is 2.41. The third-order valence-corrected chi connectivity index (χ3v) is 3.71. The highest BCUT2D eigenvalue weighted by Crippen LogP contribution is 2.08. The Kier molecular flexibility index (Phi) is 9.70. The molecule has 0 radical (unpaired) electrons. The molecule has 0 aliphatic carbocycles. The van der Waals surface area contributed by atoms with E-state index in [1.807, 2.05) is 19.1 Å². The molecule has 27 heavy (non-hydrogen) atoms. The van der Waals surface area contributed by atoms with Gasteiger partial charge in [-0.05, 0) is 43.2 Å². The van der Waals surface area contributed by atoms with E-state index in [2.05, 4.69) is 25.9 Å². The fraction of sp³-hybridized carbons (Fsp3) is 0.316. The lowest BCUT2D eigenvalue weighted by Crippen LogP contribution is -2.38. The summed E-state index contributed by atoms with van der Waals surface area (Å²) >= 11 is 0. The standard InChI is InChI=1S/C19H24FN5O.HI/c1-13-11-15(7-8-16(13)20)12-23-19(21-3)22-10-9-18(26)25-17-6-4-5-14(2)24-17;/h4-8,11H,9-10,12H2,1-3H3,(H2,21,22,23)(H,24,25,26);1H. The molecule has 8 heteroatoms. The molecule has 0 unspecified atom stereocenters. The van der Waals surface area contributed by atoms with Gasteiger partial charge in [0, 0.05) is 32.3 Å². The highest BCUT2D eigenvalue weighted by Gasteiger charge is 2.05. The van der Waals surface area contributed by atoms with Crippen LogP contribution in [0.15, 0.2) is 41.4 Å². The van der Waals surface area contributed by atoms with Gasteiger partial charge in [0.2, 0.25) is 5.91 Å². The maximum atomic E-state index is 13.3. The number of carbonyl (C=O) groups excluding carboxylic acids is 1. The summed E-state index contributed by atoms with van der Waals surface area (Å²) in [4.78, 5) is 20.3. The van der Waals surface area contributed by atoms with E-state index in [4.69, 9.17) is 0 Å². The topological polar surface area (TPSA) is 78.4 Å². The van der Waals surface area contributed by atoms with Crippen LogP contribution in [0.1, 0.15) is 23.2 Å². The smallest absolute Gasteiger partial charge is 0.227 e. The van der Waals surface area contributed by atoms with Gasteiger partial charge in [0.15, 0.2) is 5.96 Å². The lowest BCUT2D eigenvalue weighted by Gasteiger charge is -2.12. The second kappa shape index (κ2) is 11.5. The van der Waals surface area contributed by atoms with Crippen LogP contribution in [0.3, 0.4) is 0 Å². The van der Waals surface area contributed by atoms with Gasteiger partial charge in [-0.25, -0.2) is 9.37 Å². The largest absolute Gasteiger partial charge is 0.356 e. The molecule has 0 saturated carbocycles. The fourth-order valence-corrected chi connectivity index (χ4v) is 2.34. The van der Waals surface area contributed by atoms with E-state index in [0.717, 1.165) is 11.3 Å². The molecule has 1 heterocycles. The van der Waals surface area contributed by atoms with Crippen molar-refractivity contribution in [3.8, 4) is 0 Å². The maximum Gasteiger partial charge on any atom is 0.227 e. The number of nitrogens with zero attached hydrogens (tertiary/aromatic N) is 2. The molecule has 6 nitrogen and oxygen atoms in total. The zero-order chi connectivity index (χ0) is 18.9. The Hall–Kier alpha value is -2.23. The number of pyridine rings is 1. The van der Waals surface area contributed by atoms with Crippen LogP contribution >= 0.6 is 24.0 Å². The van der Waals surface area contributed by atoms with E-state index < -0.39 is 0 Å². The number of halogens is 2. The van der Waals surface area contributed by atoms with Gasteiger partial charge in [0.1, 0.15) is 11.6 Å². The van der Waals surface area contributed by atoms with Crippen molar-refractivity contribution in [3.63, 3.8) is 0 Å². The molecule has 3 N–H and O–H groups in total. The molecule has 0 bridgehead atoms. The number of hydrogen-bond donors (Lipinski definition) is 3. The van der Waals surface area contributed by atoms with Crippen LogP contribution in [0.2, 0.25) is 0 Å². The monoisotopic (exact) mass is 485 g/mol. The van der Waals surface area contributed by atoms with Gasteiger partial charge in [-0.15, -0.1) is 24.0 Å². The van der Waals surface area contributed by atoms with Gasteiger partial charge in [-0.1, -0.05) is 18.2 Å². The molecule has 0 fully saturated rings. The number of rotatable bonds is 6. The normalized spacial score (nSPS) is 10.7. The Labute approximate surface area is 176 Å². The van der Waals surface area contributed by atoms with Crippen molar-refractivity contribution in [2.75, 3.05) is 18.9 Å². The first-order chi connectivity index (χ1) is 12.5. The summed E-state index contributed by atoms with van der Waals surface area (Å²) in [6.07, 6.45) is 0.284. The number of carbonyl (C=O) groups is 1. The first kappa shape index (κ1) is 22.8. The number of nitrogens with one attached hydrogen (secondary N) is 3. The predicted octanol–water partition coefficient (Wildman–Crippen LogP) is 3.15. The number of amides is 1. The van der Waals surface area contributed by atoms with E-state index in [1.54, 1.807) is 32.2 Å². The summed E-state index contributed by atoms with van der Waals surface area (Å²) < 4.78 is 13.3. The van der Waals surface area contributed by atoms with Crippen LogP contribution in [0, 0.1) is 19.7 Å². The molecule has 1 aromatic carbocycles. The van der Waals surface area contributed by atoms with Crippen LogP contribution in [-0.2, 0) is 11.3 Å². The van der Waals surface area contributed by atoms with E-state index in [-0.39, 0.29) is 42.1 Å². The molecule has 1 aromatic heterocycles. The van der Waals surface area contributed by atoms with Gasteiger partial charge < -0.3 is 16.0 Å². The minimum atomic E-state index is -0.217. The quantitative estimate of drug-likeness (QED) is 0.334. The van der Waals surface area contributed by atoms with E-state index in [9.17, 15) is 9.18 Å². The Morgan fingerprint density at radius 1 is 1.19 bits per heavy atom. The molecule has 0 aliphatic heterocycles. The minimum absolute atomic E-state index is 0. The van der Waals surface area contributed by atoms with E-state index >= 15 is 0 Å². The molecule has 2 aromatic rings. The molecular formula is C19H25FIN5O. The van der Waals surface area contributed by atoms with Gasteiger partial charge >= 0.3 is 0 Å². The van der Waals surface area contributed by atoms with Crippen LogP contribution < -0.4 is 16.0 Å². The van der Waals surface area contributed by atoms with Crippen molar-refractivity contribution in [1.29, 1.82) is 0 Å². The lowest BCUT2D eigenvalue weighted by molar-refractivity contribution is -0.116. The number of aryl methyl sites for hydroxylation is 2. The first-order valence-corrected chi connectivity index (χ1v) is 8.41. The van der Waals surface area contributed by atoms with Gasteiger partial charge in [-0.3, -0.25) is 9.79 Å². The highest BCUT2D eigenvalue weighted by molar-refractivity contribution is 14.0. The molecule has 2 rings (SSSR count). The predicted molar refractivity (Wildman–Crippen MR) is 117 cm³/mol. The summed E-state index contributed by atoms with van der Waals surface area (Å²) in [5.74, 6) is 0.781. The van der Waals surface area contributed by atoms with Gasteiger partial charge in [0.05, 0.1) is 0 Å². The molecular weight excluding hydrogens is 460 g/mol. The number of guanidine groups is 1. The van der Waals surface area contributed by atoms with Crippen molar-refractivity contribution < 1.29 is 9.18 Å². The van der Waals surface area contributed by atoms with Crippen molar-refractivity contribution in [3.05, 3.63) is 59.0 Å².